The van der Waals surface area contributed by atoms with Crippen LogP contribution in [0.25, 0.3) is 11.3 Å². The monoisotopic (exact) mass is 401 g/mol. The fourth-order valence-electron chi connectivity index (χ4n) is 2.52. The van der Waals surface area contributed by atoms with Gasteiger partial charge in [0, 0.05) is 18.8 Å². The molecule has 2 aromatic heterocycles. The van der Waals surface area contributed by atoms with Crippen molar-refractivity contribution in [1.29, 1.82) is 4.78 Å². The van der Waals surface area contributed by atoms with Gasteiger partial charge in [-0.1, -0.05) is 41.7 Å². The van der Waals surface area contributed by atoms with Gasteiger partial charge in [0.15, 0.2) is 5.13 Å². The molecule has 1 unspecified atom stereocenters. The summed E-state index contributed by atoms with van der Waals surface area (Å²) in [6.45, 7) is 1.63. The van der Waals surface area contributed by atoms with Gasteiger partial charge in [0.05, 0.1) is 17.8 Å². The first-order valence-electron chi connectivity index (χ1n) is 8.06. The number of likely N-dealkylation sites (N-methyl/N-ethyl adjacent to an activating group) is 1. The van der Waals surface area contributed by atoms with E-state index in [1.807, 2.05) is 42.5 Å². The van der Waals surface area contributed by atoms with Crippen molar-refractivity contribution in [2.45, 2.75) is 17.6 Å². The highest BCUT2D eigenvalue weighted by molar-refractivity contribution is 7.92. The molecule has 0 aliphatic heterocycles. The van der Waals surface area contributed by atoms with Crippen LogP contribution in [-0.2, 0) is 21.1 Å². The number of anilines is 1. The fraction of sp³-hybridized carbons (Fsp3) is 0.167. The van der Waals surface area contributed by atoms with Gasteiger partial charge in [0.1, 0.15) is 14.1 Å². The molecule has 0 spiro atoms. The number of nitrogens with zero attached hydrogens (tertiary/aromatic N) is 3. The van der Waals surface area contributed by atoms with Crippen LogP contribution >= 0.6 is 11.3 Å². The van der Waals surface area contributed by atoms with Crippen LogP contribution in [-0.4, -0.2) is 27.1 Å². The first-order valence-corrected chi connectivity index (χ1v) is 10.5. The number of carbonyl (C=O) groups excluding carboxylic acids is 1. The highest BCUT2D eigenvalue weighted by Gasteiger charge is 2.20. The van der Waals surface area contributed by atoms with Crippen LogP contribution in [0, 0.1) is 11.7 Å². The molecule has 0 saturated carbocycles. The lowest BCUT2D eigenvalue weighted by atomic mass is 10.1. The third-order valence-corrected chi connectivity index (χ3v) is 6.82. The van der Waals surface area contributed by atoms with E-state index in [0.29, 0.717) is 10.8 Å². The molecule has 9 heteroatoms. The Morgan fingerprint density at radius 2 is 1.96 bits per heavy atom. The van der Waals surface area contributed by atoms with Gasteiger partial charge in [0.2, 0.25) is 5.91 Å². The molecule has 3 rings (SSSR count). The van der Waals surface area contributed by atoms with Gasteiger partial charge in [-0.2, -0.15) is 0 Å². The molecule has 3 N–H and O–H groups in total. The zero-order valence-corrected chi connectivity index (χ0v) is 16.5. The fourth-order valence-corrected chi connectivity index (χ4v) is 4.50. The minimum Gasteiger partial charge on any atom is -0.291 e. The second-order valence-corrected chi connectivity index (χ2v) is 8.86. The predicted octanol–water partition coefficient (Wildman–Crippen LogP) is 3.00. The van der Waals surface area contributed by atoms with Crippen molar-refractivity contribution in [3.63, 3.8) is 0 Å². The second kappa shape index (κ2) is 7.55. The van der Waals surface area contributed by atoms with Crippen LogP contribution in [0.2, 0.25) is 0 Å². The molecule has 27 heavy (non-hydrogen) atoms. The minimum atomic E-state index is -3.35. The number of amides is 1. The number of rotatable bonds is 5. The highest BCUT2D eigenvalue weighted by atomic mass is 32.2. The maximum absolute atomic E-state index is 12.6. The van der Waals surface area contributed by atoms with Crippen LogP contribution in [0.3, 0.4) is 0 Å². The Hall–Kier alpha value is -2.62. The van der Waals surface area contributed by atoms with Crippen molar-refractivity contribution in [1.82, 2.24) is 9.97 Å². The SMILES string of the molecule is Cc1nc(N(C)C(=O)Cc2ccc(-c3ccccn3)cc2)sc1S(=N)(N)=O. The summed E-state index contributed by atoms with van der Waals surface area (Å²) in [5, 5.41) is 5.77. The second-order valence-electron chi connectivity index (χ2n) is 6.01. The van der Waals surface area contributed by atoms with Gasteiger partial charge < -0.3 is 0 Å². The molecule has 3 aromatic rings. The van der Waals surface area contributed by atoms with Crippen LogP contribution in [0.4, 0.5) is 5.13 Å². The molecule has 0 aliphatic carbocycles. The quantitative estimate of drug-likeness (QED) is 0.684. The van der Waals surface area contributed by atoms with Crippen LogP contribution < -0.4 is 10.0 Å². The van der Waals surface area contributed by atoms with E-state index in [1.54, 1.807) is 20.2 Å². The molecule has 0 radical (unpaired) electrons. The Balaban J connectivity index is 1.73. The molecular formula is C18H19N5O2S2. The summed E-state index contributed by atoms with van der Waals surface area (Å²) < 4.78 is 19.5. The Kier molecular flexibility index (Phi) is 5.36. The van der Waals surface area contributed by atoms with Gasteiger partial charge in [-0.25, -0.2) is 19.1 Å². The number of carbonyl (C=O) groups is 1. The molecule has 1 atom stereocenters. The number of aryl methyl sites for hydroxylation is 1. The Morgan fingerprint density at radius 3 is 2.52 bits per heavy atom. The molecule has 0 fully saturated rings. The van der Waals surface area contributed by atoms with Crippen LogP contribution in [0.15, 0.2) is 52.9 Å². The van der Waals surface area contributed by atoms with Crippen molar-refractivity contribution >= 4 is 32.3 Å². The number of benzene rings is 1. The molecule has 0 saturated heterocycles. The average molecular weight is 402 g/mol. The number of hydrogen-bond donors (Lipinski definition) is 2. The zero-order chi connectivity index (χ0) is 19.6. The molecule has 0 bridgehead atoms. The number of thiazole rings is 1. The van der Waals surface area contributed by atoms with E-state index in [0.717, 1.165) is 28.2 Å². The third kappa shape index (κ3) is 4.38. The van der Waals surface area contributed by atoms with E-state index in [4.69, 9.17) is 9.92 Å². The largest absolute Gasteiger partial charge is 0.291 e. The lowest BCUT2D eigenvalue weighted by Crippen LogP contribution is -2.27. The summed E-state index contributed by atoms with van der Waals surface area (Å²) in [6.07, 6.45) is 1.94. The number of nitrogens with one attached hydrogen (secondary N) is 1. The maximum Gasteiger partial charge on any atom is 0.232 e. The predicted molar refractivity (Wildman–Crippen MR) is 107 cm³/mol. The molecule has 7 nitrogen and oxygen atoms in total. The third-order valence-electron chi connectivity index (χ3n) is 3.95. The Bertz CT molecular complexity index is 1060. The average Bonchev–Trinajstić information content (AvgIpc) is 3.04. The number of nitrogens with two attached hydrogens (primary N) is 1. The first kappa shape index (κ1) is 19.2. The summed E-state index contributed by atoms with van der Waals surface area (Å²) in [4.78, 5) is 22.5. The molecule has 0 aliphatic rings. The first-order chi connectivity index (χ1) is 12.8. The number of pyridine rings is 1. The number of aromatic nitrogens is 2. The minimum absolute atomic E-state index is 0.158. The van der Waals surface area contributed by atoms with E-state index < -0.39 is 9.92 Å². The zero-order valence-electron chi connectivity index (χ0n) is 14.9. The van der Waals surface area contributed by atoms with Crippen LogP contribution in [0.5, 0.6) is 0 Å². The summed E-state index contributed by atoms with van der Waals surface area (Å²) >= 11 is 1.01. The Morgan fingerprint density at radius 1 is 1.26 bits per heavy atom. The van der Waals surface area contributed by atoms with E-state index in [9.17, 15) is 9.00 Å². The maximum atomic E-state index is 12.6. The van der Waals surface area contributed by atoms with Crippen molar-refractivity contribution < 1.29 is 9.00 Å². The van der Waals surface area contributed by atoms with Crippen molar-refractivity contribution in [3.05, 3.63) is 59.9 Å². The van der Waals surface area contributed by atoms with Gasteiger partial charge >= 0.3 is 0 Å². The standard InChI is InChI=1S/C18H19N5O2S2/c1-12-17(27(19,20)25)26-18(22-12)23(2)16(24)11-13-6-8-14(9-7-13)15-5-3-4-10-21-15/h3-10H,11H2,1-2H3,(H3,19,20,25). The van der Waals surface area contributed by atoms with Crippen LogP contribution in [0.1, 0.15) is 11.3 Å². The summed E-state index contributed by atoms with van der Waals surface area (Å²) in [6, 6.07) is 13.4. The smallest absolute Gasteiger partial charge is 0.232 e. The normalized spacial score (nSPS) is 13.1. The molecule has 2 heterocycles. The van der Waals surface area contributed by atoms with E-state index in [2.05, 4.69) is 9.97 Å². The van der Waals surface area contributed by atoms with Crippen molar-refractivity contribution in [3.8, 4) is 11.3 Å². The number of hydrogen-bond acceptors (Lipinski definition) is 6. The van der Waals surface area contributed by atoms with Crippen molar-refractivity contribution in [2.24, 2.45) is 5.14 Å². The lowest BCUT2D eigenvalue weighted by molar-refractivity contribution is -0.117. The molecule has 1 aromatic carbocycles. The summed E-state index contributed by atoms with van der Waals surface area (Å²) in [7, 11) is -1.74. The van der Waals surface area contributed by atoms with E-state index in [-0.39, 0.29) is 16.5 Å². The van der Waals surface area contributed by atoms with Gasteiger partial charge in [-0.3, -0.25) is 14.7 Å². The summed E-state index contributed by atoms with van der Waals surface area (Å²) in [5.74, 6) is -0.158. The molecular weight excluding hydrogens is 382 g/mol. The van der Waals surface area contributed by atoms with E-state index >= 15 is 0 Å². The molecule has 1 amide bonds. The summed E-state index contributed by atoms with van der Waals surface area (Å²) in [5.41, 5.74) is 3.13. The van der Waals surface area contributed by atoms with Gasteiger partial charge in [0.25, 0.3) is 0 Å². The van der Waals surface area contributed by atoms with E-state index in [1.165, 1.54) is 4.90 Å². The molecule has 140 valence electrons. The van der Waals surface area contributed by atoms with Gasteiger partial charge in [-0.15, -0.1) is 0 Å². The Labute approximate surface area is 162 Å². The lowest BCUT2D eigenvalue weighted by Gasteiger charge is -2.14. The van der Waals surface area contributed by atoms with Gasteiger partial charge in [-0.05, 0) is 24.6 Å². The highest BCUT2D eigenvalue weighted by Crippen LogP contribution is 2.29. The van der Waals surface area contributed by atoms with Crippen molar-refractivity contribution in [2.75, 3.05) is 11.9 Å². The topological polar surface area (TPSA) is 113 Å².